The van der Waals surface area contributed by atoms with Gasteiger partial charge in [-0.1, -0.05) is 42.5 Å². The van der Waals surface area contributed by atoms with Crippen LogP contribution in [-0.2, 0) is 9.59 Å². The van der Waals surface area contributed by atoms with Gasteiger partial charge in [0.1, 0.15) is 17.2 Å². The average molecular weight is 549 g/mol. The lowest BCUT2D eigenvalue weighted by molar-refractivity contribution is -0.128. The van der Waals surface area contributed by atoms with Crippen molar-refractivity contribution < 1.29 is 23.5 Å². The Morgan fingerprint density at radius 1 is 0.878 bits per heavy atom. The number of amides is 2. The van der Waals surface area contributed by atoms with Crippen LogP contribution in [0.4, 0.5) is 5.69 Å². The van der Waals surface area contributed by atoms with E-state index in [0.717, 1.165) is 5.69 Å². The topological polar surface area (TPSA) is 113 Å². The van der Waals surface area contributed by atoms with Crippen LogP contribution in [0, 0.1) is 0 Å². The molecule has 0 fully saturated rings. The maximum Gasteiger partial charge on any atom is 0.336 e. The molecule has 2 N–H and O–H groups in total. The molecular formula is C32H28N4O5. The molecular weight excluding hydrogens is 520 g/mol. The predicted octanol–water partition coefficient (Wildman–Crippen LogP) is 4.89. The number of furan rings is 1. The number of rotatable bonds is 10. The summed E-state index contributed by atoms with van der Waals surface area (Å²) in [6.07, 6.45) is 7.23. The van der Waals surface area contributed by atoms with Crippen LogP contribution in [-0.4, -0.2) is 38.1 Å². The van der Waals surface area contributed by atoms with Crippen molar-refractivity contribution in [1.29, 1.82) is 0 Å². The van der Waals surface area contributed by atoms with Gasteiger partial charge in [-0.05, 0) is 71.8 Å². The van der Waals surface area contributed by atoms with Crippen LogP contribution >= 0.6 is 0 Å². The van der Waals surface area contributed by atoms with Gasteiger partial charge < -0.3 is 19.4 Å². The van der Waals surface area contributed by atoms with Gasteiger partial charge in [-0.15, -0.1) is 0 Å². The number of benzene rings is 3. The lowest BCUT2D eigenvalue weighted by Gasteiger charge is -2.12. The van der Waals surface area contributed by atoms with Crippen LogP contribution in [0.15, 0.2) is 119 Å². The van der Waals surface area contributed by atoms with Gasteiger partial charge in [-0.2, -0.15) is 5.10 Å². The van der Waals surface area contributed by atoms with Crippen molar-refractivity contribution in [1.82, 2.24) is 10.7 Å². The highest BCUT2D eigenvalue weighted by atomic mass is 16.5. The number of hydrazone groups is 1. The van der Waals surface area contributed by atoms with Crippen molar-refractivity contribution in [3.05, 3.63) is 131 Å². The van der Waals surface area contributed by atoms with E-state index in [0.29, 0.717) is 28.2 Å². The Labute approximate surface area is 237 Å². The molecule has 1 heterocycles. The molecule has 0 aliphatic rings. The molecule has 0 saturated carbocycles. The first-order chi connectivity index (χ1) is 19.9. The van der Waals surface area contributed by atoms with E-state index in [1.165, 1.54) is 24.6 Å². The monoisotopic (exact) mass is 548 g/mol. The van der Waals surface area contributed by atoms with E-state index in [4.69, 9.17) is 9.15 Å². The molecule has 3 aromatic carbocycles. The summed E-state index contributed by atoms with van der Waals surface area (Å²) in [5.41, 5.74) is 5.15. The van der Waals surface area contributed by atoms with Crippen molar-refractivity contribution in [3.8, 4) is 5.75 Å². The van der Waals surface area contributed by atoms with Crippen LogP contribution in [0.5, 0.6) is 5.75 Å². The number of nitrogens with one attached hydrogen (secondary N) is 2. The number of hydrogen-bond acceptors (Lipinski definition) is 7. The van der Waals surface area contributed by atoms with E-state index in [1.807, 2.05) is 43.3 Å². The van der Waals surface area contributed by atoms with Gasteiger partial charge in [0, 0.05) is 31.4 Å². The second-order valence-corrected chi connectivity index (χ2v) is 8.91. The Morgan fingerprint density at radius 3 is 2.37 bits per heavy atom. The van der Waals surface area contributed by atoms with Crippen LogP contribution in [0.2, 0.25) is 0 Å². The average Bonchev–Trinajstić information content (AvgIpc) is 3.50. The Hall–Kier alpha value is -5.70. The van der Waals surface area contributed by atoms with E-state index >= 15 is 0 Å². The third-order valence-electron chi connectivity index (χ3n) is 5.63. The molecule has 4 rings (SSSR count). The zero-order valence-corrected chi connectivity index (χ0v) is 22.5. The molecule has 1 aromatic heterocycles. The minimum atomic E-state index is -0.618. The fourth-order valence-corrected chi connectivity index (χ4v) is 3.55. The molecule has 206 valence electrons. The fraction of sp³-hybridized carbons (Fsp3) is 0.0625. The van der Waals surface area contributed by atoms with Crippen molar-refractivity contribution in [2.75, 3.05) is 19.0 Å². The van der Waals surface area contributed by atoms with Crippen LogP contribution in [0.3, 0.4) is 0 Å². The standard InChI is InChI=1S/C32H28N4O5/c1-36(2)26-15-13-23(14-16-26)21-29(34-31(38)25-9-4-3-5-10-25)32(39)35-33-22-24-8-6-11-28(20-24)41-30(37)18-17-27-12-7-19-40-27/h3-22H,1-2H3,(H,34,38)(H,35,39)/b18-17+,29-21-,33-22-. The predicted molar refractivity (Wildman–Crippen MR) is 158 cm³/mol. The molecule has 0 saturated heterocycles. The number of carbonyl (C=O) groups excluding carboxylic acids is 3. The van der Waals surface area contributed by atoms with Gasteiger partial charge in [-0.3, -0.25) is 9.59 Å². The van der Waals surface area contributed by atoms with Gasteiger partial charge in [-0.25, -0.2) is 10.2 Å². The van der Waals surface area contributed by atoms with Gasteiger partial charge >= 0.3 is 5.97 Å². The highest BCUT2D eigenvalue weighted by Crippen LogP contribution is 2.15. The van der Waals surface area contributed by atoms with E-state index in [2.05, 4.69) is 15.8 Å². The molecule has 41 heavy (non-hydrogen) atoms. The van der Waals surface area contributed by atoms with E-state index in [1.54, 1.807) is 72.8 Å². The molecule has 2 amide bonds. The lowest BCUT2D eigenvalue weighted by atomic mass is 10.1. The first-order valence-electron chi connectivity index (χ1n) is 12.6. The second kappa shape index (κ2) is 13.9. The Kier molecular flexibility index (Phi) is 9.60. The van der Waals surface area contributed by atoms with Crippen LogP contribution in [0.25, 0.3) is 12.2 Å². The Balaban J connectivity index is 1.44. The van der Waals surface area contributed by atoms with E-state index in [-0.39, 0.29) is 5.70 Å². The van der Waals surface area contributed by atoms with Gasteiger partial charge in [0.15, 0.2) is 0 Å². The number of esters is 1. The summed E-state index contributed by atoms with van der Waals surface area (Å²) in [4.78, 5) is 39.9. The molecule has 0 atom stereocenters. The fourth-order valence-electron chi connectivity index (χ4n) is 3.55. The van der Waals surface area contributed by atoms with Crippen molar-refractivity contribution in [3.63, 3.8) is 0 Å². The molecule has 9 nitrogen and oxygen atoms in total. The maximum absolute atomic E-state index is 13.1. The Bertz CT molecular complexity index is 1570. The normalized spacial score (nSPS) is 11.4. The molecule has 0 unspecified atom stereocenters. The first-order valence-corrected chi connectivity index (χ1v) is 12.6. The number of hydrogen-bond donors (Lipinski definition) is 2. The number of ether oxygens (including phenoxy) is 1. The van der Waals surface area contributed by atoms with Gasteiger partial charge in [0.05, 0.1) is 12.5 Å². The minimum Gasteiger partial charge on any atom is -0.465 e. The summed E-state index contributed by atoms with van der Waals surface area (Å²) < 4.78 is 10.5. The third-order valence-corrected chi connectivity index (χ3v) is 5.63. The zero-order valence-electron chi connectivity index (χ0n) is 22.5. The van der Waals surface area contributed by atoms with Crippen LogP contribution in [0.1, 0.15) is 27.2 Å². The zero-order chi connectivity index (χ0) is 29.0. The van der Waals surface area contributed by atoms with E-state index < -0.39 is 17.8 Å². The molecule has 0 aliphatic carbocycles. The minimum absolute atomic E-state index is 0.0135. The molecule has 0 radical (unpaired) electrons. The highest BCUT2D eigenvalue weighted by Gasteiger charge is 2.14. The summed E-state index contributed by atoms with van der Waals surface area (Å²) in [6, 6.07) is 26.1. The molecule has 0 bridgehead atoms. The summed E-state index contributed by atoms with van der Waals surface area (Å²) >= 11 is 0. The lowest BCUT2D eigenvalue weighted by Crippen LogP contribution is -2.32. The number of carbonyl (C=O) groups is 3. The van der Waals surface area contributed by atoms with Crippen molar-refractivity contribution in [2.45, 2.75) is 0 Å². The summed E-state index contributed by atoms with van der Waals surface area (Å²) in [6.45, 7) is 0. The number of nitrogens with zero attached hydrogens (tertiary/aromatic N) is 2. The molecule has 9 heteroatoms. The molecule has 4 aromatic rings. The smallest absolute Gasteiger partial charge is 0.336 e. The second-order valence-electron chi connectivity index (χ2n) is 8.91. The van der Waals surface area contributed by atoms with Crippen molar-refractivity contribution >= 4 is 41.8 Å². The maximum atomic E-state index is 13.1. The van der Waals surface area contributed by atoms with Gasteiger partial charge in [0.2, 0.25) is 0 Å². The third kappa shape index (κ3) is 8.66. The highest BCUT2D eigenvalue weighted by molar-refractivity contribution is 6.05. The molecule has 0 aliphatic heterocycles. The largest absolute Gasteiger partial charge is 0.465 e. The van der Waals surface area contributed by atoms with Crippen LogP contribution < -0.4 is 20.4 Å². The Morgan fingerprint density at radius 2 is 1.66 bits per heavy atom. The summed E-state index contributed by atoms with van der Waals surface area (Å²) in [7, 11) is 3.86. The summed E-state index contributed by atoms with van der Waals surface area (Å²) in [5.74, 6) is -0.806. The number of anilines is 1. The first kappa shape index (κ1) is 28.3. The summed E-state index contributed by atoms with van der Waals surface area (Å²) in [5, 5.41) is 6.70. The van der Waals surface area contributed by atoms with Crippen molar-refractivity contribution in [2.24, 2.45) is 5.10 Å². The van der Waals surface area contributed by atoms with Gasteiger partial charge in [0.25, 0.3) is 11.8 Å². The van der Waals surface area contributed by atoms with E-state index in [9.17, 15) is 14.4 Å². The quantitative estimate of drug-likeness (QED) is 0.0960. The molecule has 0 spiro atoms. The SMILES string of the molecule is CN(C)c1ccc(/C=C(\NC(=O)c2ccccc2)C(=O)N/N=C\c2cccc(OC(=O)/C=C/c3ccco3)c2)cc1.